The first-order valence-electron chi connectivity index (χ1n) is 6.10. The Hall–Kier alpha value is -0.920. The number of hydrogen-bond donors (Lipinski definition) is 0. The summed E-state index contributed by atoms with van der Waals surface area (Å²) in [7, 11) is -4.50. The summed E-state index contributed by atoms with van der Waals surface area (Å²) < 4.78 is 44.6. The molecule has 0 fully saturated rings. The Morgan fingerprint density at radius 3 is 2.30 bits per heavy atom. The molecule has 0 aliphatic carbocycles. The zero-order valence-electron chi connectivity index (χ0n) is 11.4. The van der Waals surface area contributed by atoms with Gasteiger partial charge in [0.1, 0.15) is 21.6 Å². The third kappa shape index (κ3) is 5.58. The largest absolute Gasteiger partial charge is 0.744 e. The molecule has 0 amide bonds. The molecule has 2 aromatic rings. The van der Waals surface area contributed by atoms with E-state index in [9.17, 15) is 17.8 Å². The summed E-state index contributed by atoms with van der Waals surface area (Å²) in [5, 5.41) is 0. The van der Waals surface area contributed by atoms with Crippen LogP contribution in [0.4, 0.5) is 0 Å². The van der Waals surface area contributed by atoms with Gasteiger partial charge in [0.05, 0.1) is 8.47 Å². The highest BCUT2D eigenvalue weighted by Gasteiger charge is 2.10. The Bertz CT molecular complexity index is 818. The second kappa shape index (κ2) is 7.77. The molecule has 0 heterocycles. The lowest BCUT2D eigenvalue weighted by molar-refractivity contribution is -0.136. The molecule has 23 heavy (non-hydrogen) atoms. The van der Waals surface area contributed by atoms with Crippen LogP contribution in [0, 0.1) is 7.14 Å². The number of rotatable bonds is 5. The van der Waals surface area contributed by atoms with E-state index in [2.05, 4.69) is 45.2 Å². The molecule has 0 spiro atoms. The Morgan fingerprint density at radius 2 is 1.74 bits per heavy atom. The zero-order valence-corrected chi connectivity index (χ0v) is 16.5. The minimum atomic E-state index is -4.50. The van der Waals surface area contributed by atoms with Crippen molar-refractivity contribution in [1.29, 1.82) is 0 Å². The molecule has 2 rings (SSSR count). The fourth-order valence-electron chi connectivity index (χ4n) is 1.55. The average molecular weight is 559 g/mol. The van der Waals surface area contributed by atoms with Gasteiger partial charge in [0.15, 0.2) is 6.61 Å². The van der Waals surface area contributed by atoms with E-state index in [4.69, 9.17) is 9.47 Å². The van der Waals surface area contributed by atoms with Gasteiger partial charge in [-0.2, -0.15) is 0 Å². The summed E-state index contributed by atoms with van der Waals surface area (Å²) in [5.41, 5.74) is 0. The molecule has 0 aliphatic rings. The number of esters is 1. The van der Waals surface area contributed by atoms with Gasteiger partial charge >= 0.3 is 5.97 Å². The van der Waals surface area contributed by atoms with Crippen molar-refractivity contribution < 1.29 is 27.2 Å². The Kier molecular flexibility index (Phi) is 6.22. The van der Waals surface area contributed by atoms with E-state index in [1.54, 1.807) is 6.07 Å². The lowest BCUT2D eigenvalue weighted by atomic mass is 10.3. The molecule has 0 atom stereocenters. The molecule has 0 radical (unpaired) electrons. The van der Waals surface area contributed by atoms with Gasteiger partial charge in [-0.3, -0.25) is 0 Å². The second-order valence-electron chi connectivity index (χ2n) is 4.26. The molecular formula is C14H9I2O6S-. The van der Waals surface area contributed by atoms with Gasteiger partial charge in [-0.15, -0.1) is 0 Å². The standard InChI is InChI=1S/C14H10I2O6S/c15-9-1-6-13(12(16)7-9)22-14(17)8-21-10-2-4-11(5-3-10)23(18,19)20/h1-7H,8H2,(H,18,19,20)/p-1. The maximum atomic E-state index is 11.8. The summed E-state index contributed by atoms with van der Waals surface area (Å²) in [5.74, 6) is 0.101. The minimum absolute atomic E-state index is 0.256. The Morgan fingerprint density at radius 1 is 1.09 bits per heavy atom. The molecule has 9 heteroatoms. The molecule has 0 N–H and O–H groups in total. The summed E-state index contributed by atoms with van der Waals surface area (Å²) in [6, 6.07) is 10.2. The van der Waals surface area contributed by atoms with E-state index in [1.807, 2.05) is 12.1 Å². The zero-order chi connectivity index (χ0) is 17.0. The molecule has 122 valence electrons. The van der Waals surface area contributed by atoms with Crippen molar-refractivity contribution in [2.24, 2.45) is 0 Å². The minimum Gasteiger partial charge on any atom is -0.744 e. The van der Waals surface area contributed by atoms with Crippen LogP contribution in [0.25, 0.3) is 0 Å². The quantitative estimate of drug-likeness (QED) is 0.242. The van der Waals surface area contributed by atoms with Gasteiger partial charge in [0, 0.05) is 3.57 Å². The molecule has 0 unspecified atom stereocenters. The van der Waals surface area contributed by atoms with Crippen LogP contribution in [0.1, 0.15) is 0 Å². The number of halogens is 2. The SMILES string of the molecule is O=C(COc1ccc(S(=O)(=O)[O-])cc1)Oc1ccc(I)cc1I. The van der Waals surface area contributed by atoms with Crippen LogP contribution in [0.5, 0.6) is 11.5 Å². The van der Waals surface area contributed by atoms with E-state index < -0.39 is 16.1 Å². The van der Waals surface area contributed by atoms with Crippen LogP contribution in [0.15, 0.2) is 47.4 Å². The topological polar surface area (TPSA) is 92.7 Å². The van der Waals surface area contributed by atoms with Crippen LogP contribution in [-0.4, -0.2) is 25.5 Å². The lowest BCUT2D eigenvalue weighted by Gasteiger charge is -2.10. The summed E-state index contributed by atoms with van der Waals surface area (Å²) >= 11 is 4.21. The van der Waals surface area contributed by atoms with Crippen molar-refractivity contribution in [3.05, 3.63) is 49.6 Å². The monoisotopic (exact) mass is 559 g/mol. The molecule has 6 nitrogen and oxygen atoms in total. The fourth-order valence-corrected chi connectivity index (χ4v) is 3.74. The number of carbonyl (C=O) groups is 1. The van der Waals surface area contributed by atoms with Gasteiger partial charge in [-0.1, -0.05) is 0 Å². The highest BCUT2D eigenvalue weighted by atomic mass is 127. The molecule has 0 aliphatic heterocycles. The van der Waals surface area contributed by atoms with Crippen molar-refractivity contribution in [3.8, 4) is 11.5 Å². The van der Waals surface area contributed by atoms with Gasteiger partial charge in [0.2, 0.25) is 0 Å². The van der Waals surface area contributed by atoms with Crippen molar-refractivity contribution in [3.63, 3.8) is 0 Å². The summed E-state index contributed by atoms with van der Waals surface area (Å²) in [6.07, 6.45) is 0. The lowest BCUT2D eigenvalue weighted by Crippen LogP contribution is -2.18. The molecular weight excluding hydrogens is 550 g/mol. The van der Waals surface area contributed by atoms with Crippen LogP contribution in [0.3, 0.4) is 0 Å². The molecule has 0 saturated carbocycles. The first kappa shape index (κ1) is 18.4. The van der Waals surface area contributed by atoms with Crippen LogP contribution in [-0.2, 0) is 14.9 Å². The normalized spacial score (nSPS) is 11.1. The molecule has 0 aromatic heterocycles. The van der Waals surface area contributed by atoms with E-state index in [0.717, 1.165) is 19.3 Å². The van der Waals surface area contributed by atoms with Crippen molar-refractivity contribution in [1.82, 2.24) is 0 Å². The maximum Gasteiger partial charge on any atom is 0.349 e. The summed E-state index contributed by atoms with van der Waals surface area (Å²) in [6.45, 7) is -0.342. The third-order valence-corrected chi connectivity index (χ3v) is 4.95. The first-order chi connectivity index (χ1) is 10.8. The third-order valence-electron chi connectivity index (χ3n) is 2.59. The van der Waals surface area contributed by atoms with Crippen LogP contribution >= 0.6 is 45.2 Å². The second-order valence-corrected chi connectivity index (χ2v) is 8.05. The first-order valence-corrected chi connectivity index (χ1v) is 9.67. The fraction of sp³-hybridized carbons (Fsp3) is 0.0714. The number of carbonyl (C=O) groups excluding carboxylic acids is 1. The maximum absolute atomic E-state index is 11.8. The highest BCUT2D eigenvalue weighted by molar-refractivity contribution is 14.1. The van der Waals surface area contributed by atoms with E-state index in [1.165, 1.54) is 12.1 Å². The smallest absolute Gasteiger partial charge is 0.349 e. The predicted molar refractivity (Wildman–Crippen MR) is 97.4 cm³/mol. The highest BCUT2D eigenvalue weighted by Crippen LogP contribution is 2.23. The molecule has 0 bridgehead atoms. The van der Waals surface area contributed by atoms with Gasteiger partial charge in [0.25, 0.3) is 0 Å². The van der Waals surface area contributed by atoms with E-state index in [-0.39, 0.29) is 17.3 Å². The van der Waals surface area contributed by atoms with Crippen molar-refractivity contribution in [2.75, 3.05) is 6.61 Å². The predicted octanol–water partition coefficient (Wildman–Crippen LogP) is 2.78. The summed E-state index contributed by atoms with van der Waals surface area (Å²) in [4.78, 5) is 11.4. The van der Waals surface area contributed by atoms with E-state index >= 15 is 0 Å². The van der Waals surface area contributed by atoms with Crippen LogP contribution in [0.2, 0.25) is 0 Å². The van der Waals surface area contributed by atoms with Crippen LogP contribution < -0.4 is 9.47 Å². The van der Waals surface area contributed by atoms with Crippen molar-refractivity contribution >= 4 is 61.3 Å². The number of benzene rings is 2. The number of ether oxygens (including phenoxy) is 2. The average Bonchev–Trinajstić information content (AvgIpc) is 2.47. The number of hydrogen-bond acceptors (Lipinski definition) is 6. The Labute approximate surface area is 160 Å². The van der Waals surface area contributed by atoms with Gasteiger partial charge in [-0.25, -0.2) is 13.2 Å². The van der Waals surface area contributed by atoms with Gasteiger partial charge in [-0.05, 0) is 87.6 Å². The molecule has 0 saturated heterocycles. The molecule has 2 aromatic carbocycles. The Balaban J connectivity index is 1.94. The van der Waals surface area contributed by atoms with Crippen molar-refractivity contribution in [2.45, 2.75) is 4.90 Å². The van der Waals surface area contributed by atoms with Gasteiger partial charge < -0.3 is 14.0 Å². The van der Waals surface area contributed by atoms with E-state index in [0.29, 0.717) is 5.75 Å².